The second-order valence-electron chi connectivity index (χ2n) is 4.17. The monoisotopic (exact) mass is 300 g/mol. The van der Waals surface area contributed by atoms with Crippen molar-refractivity contribution in [1.29, 1.82) is 0 Å². The molecule has 0 spiro atoms. The van der Waals surface area contributed by atoms with E-state index >= 15 is 0 Å². The first kappa shape index (κ1) is 14.6. The first-order valence-corrected chi connectivity index (χ1v) is 7.21. The zero-order valence-electron chi connectivity index (χ0n) is 10.6. The van der Waals surface area contributed by atoms with Crippen LogP contribution in [0.25, 0.3) is 0 Å². The number of hydrogen-bond acceptors (Lipinski definition) is 5. The summed E-state index contributed by atoms with van der Waals surface area (Å²) in [6.45, 7) is 0.855. The highest BCUT2D eigenvalue weighted by Crippen LogP contribution is 2.20. The van der Waals surface area contributed by atoms with Crippen LogP contribution in [-0.2, 0) is 23.2 Å². The number of halogens is 1. The first-order chi connectivity index (χ1) is 9.44. The van der Waals surface area contributed by atoms with Gasteiger partial charge in [0.15, 0.2) is 0 Å². The second-order valence-corrected chi connectivity index (χ2v) is 5.91. The lowest BCUT2D eigenvalue weighted by Gasteiger charge is -2.10. The lowest BCUT2D eigenvalue weighted by atomic mass is 10.1. The molecule has 0 aliphatic carbocycles. The van der Waals surface area contributed by atoms with Crippen molar-refractivity contribution in [2.45, 2.75) is 25.0 Å². The van der Waals surface area contributed by atoms with Gasteiger partial charge in [-0.25, -0.2) is 17.5 Å². The summed E-state index contributed by atoms with van der Waals surface area (Å²) in [7, 11) is -3.90. The number of aliphatic hydroxyl groups excluding tert-OH is 1. The Hall–Kier alpha value is -1.77. The van der Waals surface area contributed by atoms with Gasteiger partial charge in [-0.2, -0.15) is 0 Å². The van der Waals surface area contributed by atoms with Gasteiger partial charge in [0.1, 0.15) is 12.1 Å². The van der Waals surface area contributed by atoms with Crippen LogP contribution in [0.4, 0.5) is 4.39 Å². The van der Waals surface area contributed by atoms with Crippen LogP contribution in [0.5, 0.6) is 0 Å². The van der Waals surface area contributed by atoms with Gasteiger partial charge in [-0.05, 0) is 24.6 Å². The molecule has 6 nitrogen and oxygen atoms in total. The molecule has 0 saturated carbocycles. The molecule has 0 unspecified atom stereocenters. The zero-order valence-corrected chi connectivity index (χ0v) is 11.4. The Morgan fingerprint density at radius 1 is 1.45 bits per heavy atom. The molecule has 0 aliphatic rings. The van der Waals surface area contributed by atoms with E-state index in [-0.39, 0.29) is 22.6 Å². The third-order valence-corrected chi connectivity index (χ3v) is 4.29. The Bertz CT molecular complexity index is 698. The molecule has 0 bridgehead atoms. The summed E-state index contributed by atoms with van der Waals surface area (Å²) >= 11 is 0. The van der Waals surface area contributed by atoms with E-state index in [0.717, 1.165) is 6.07 Å². The van der Waals surface area contributed by atoms with Crippen molar-refractivity contribution in [2.24, 2.45) is 0 Å². The van der Waals surface area contributed by atoms with Gasteiger partial charge in [0.25, 0.3) is 0 Å². The van der Waals surface area contributed by atoms with E-state index < -0.39 is 22.4 Å². The van der Waals surface area contributed by atoms with Crippen LogP contribution < -0.4 is 4.72 Å². The average Bonchev–Trinajstić information content (AvgIpc) is 2.92. The highest BCUT2D eigenvalue weighted by molar-refractivity contribution is 7.89. The minimum Gasteiger partial charge on any atom is -0.392 e. The van der Waals surface area contributed by atoms with Crippen molar-refractivity contribution in [3.8, 4) is 0 Å². The molecule has 0 atom stereocenters. The van der Waals surface area contributed by atoms with Crippen LogP contribution in [0.2, 0.25) is 0 Å². The van der Waals surface area contributed by atoms with Crippen molar-refractivity contribution >= 4 is 10.0 Å². The van der Waals surface area contributed by atoms with Gasteiger partial charge in [-0.3, -0.25) is 0 Å². The number of nitrogens with zero attached hydrogens (tertiary/aromatic N) is 1. The Morgan fingerprint density at radius 2 is 2.20 bits per heavy atom. The Balaban J connectivity index is 2.31. The van der Waals surface area contributed by atoms with Gasteiger partial charge in [0.2, 0.25) is 10.0 Å². The molecule has 2 rings (SSSR count). The minimum absolute atomic E-state index is 0.00477. The minimum atomic E-state index is -3.90. The number of nitrogens with one attached hydrogen (secondary N) is 1. The van der Waals surface area contributed by atoms with Crippen LogP contribution in [0.15, 0.2) is 33.9 Å². The molecule has 20 heavy (non-hydrogen) atoms. The molecule has 0 fully saturated rings. The molecule has 0 amide bonds. The van der Waals surface area contributed by atoms with Crippen LogP contribution in [0.1, 0.15) is 16.8 Å². The number of aromatic nitrogens is 1. The SMILES string of the molecule is Cc1c(F)cc(CO)cc1S(=O)(=O)NCc1ccon1. The number of benzene rings is 1. The van der Waals surface area contributed by atoms with Gasteiger partial charge in [0, 0.05) is 11.6 Å². The largest absolute Gasteiger partial charge is 0.392 e. The molecular formula is C12H13FN2O4S. The smallest absolute Gasteiger partial charge is 0.241 e. The fourth-order valence-electron chi connectivity index (χ4n) is 1.65. The fourth-order valence-corrected chi connectivity index (χ4v) is 2.95. The quantitative estimate of drug-likeness (QED) is 0.862. The molecule has 1 heterocycles. The molecule has 2 N–H and O–H groups in total. The maximum Gasteiger partial charge on any atom is 0.241 e. The fraction of sp³-hybridized carbons (Fsp3) is 0.250. The van der Waals surface area contributed by atoms with E-state index in [4.69, 9.17) is 5.11 Å². The third-order valence-electron chi connectivity index (χ3n) is 2.76. The van der Waals surface area contributed by atoms with Gasteiger partial charge in [-0.1, -0.05) is 5.16 Å². The average molecular weight is 300 g/mol. The normalized spacial score (nSPS) is 11.8. The molecule has 2 aromatic rings. The zero-order chi connectivity index (χ0) is 14.8. The van der Waals surface area contributed by atoms with E-state index in [9.17, 15) is 12.8 Å². The van der Waals surface area contributed by atoms with Gasteiger partial charge in [0.05, 0.1) is 23.7 Å². The summed E-state index contributed by atoms with van der Waals surface area (Å²) in [6.07, 6.45) is 1.32. The lowest BCUT2D eigenvalue weighted by Crippen LogP contribution is -2.24. The predicted molar refractivity (Wildman–Crippen MR) is 67.6 cm³/mol. The molecule has 1 aromatic heterocycles. The first-order valence-electron chi connectivity index (χ1n) is 5.73. The number of aliphatic hydroxyl groups is 1. The highest BCUT2D eigenvalue weighted by atomic mass is 32.2. The van der Waals surface area contributed by atoms with E-state index in [1.165, 1.54) is 25.3 Å². The van der Waals surface area contributed by atoms with Crippen LogP contribution in [0, 0.1) is 12.7 Å². The van der Waals surface area contributed by atoms with Crippen molar-refractivity contribution in [1.82, 2.24) is 9.88 Å². The van der Waals surface area contributed by atoms with Crippen LogP contribution in [-0.4, -0.2) is 18.7 Å². The summed E-state index contributed by atoms with van der Waals surface area (Å²) in [5.74, 6) is -0.682. The van der Waals surface area contributed by atoms with Crippen LogP contribution in [0.3, 0.4) is 0 Å². The molecule has 8 heteroatoms. The molecule has 1 aromatic carbocycles. The highest BCUT2D eigenvalue weighted by Gasteiger charge is 2.20. The molecular weight excluding hydrogens is 287 g/mol. The molecule has 108 valence electrons. The van der Waals surface area contributed by atoms with Gasteiger partial charge < -0.3 is 9.63 Å². The number of hydrogen-bond donors (Lipinski definition) is 2. The van der Waals surface area contributed by atoms with E-state index in [1.54, 1.807) is 0 Å². The van der Waals surface area contributed by atoms with E-state index in [0.29, 0.717) is 5.69 Å². The van der Waals surface area contributed by atoms with Gasteiger partial charge in [-0.15, -0.1) is 0 Å². The van der Waals surface area contributed by atoms with Crippen molar-refractivity contribution < 1.29 is 22.4 Å². The summed E-state index contributed by atoms with van der Waals surface area (Å²) in [5.41, 5.74) is 0.592. The van der Waals surface area contributed by atoms with Crippen LogP contribution >= 0.6 is 0 Å². The Morgan fingerprint density at radius 3 is 2.80 bits per heavy atom. The molecule has 0 aliphatic heterocycles. The molecule has 0 radical (unpaired) electrons. The summed E-state index contributed by atoms with van der Waals surface area (Å²) in [4.78, 5) is -0.204. The summed E-state index contributed by atoms with van der Waals surface area (Å²) in [6, 6.07) is 3.86. The van der Waals surface area contributed by atoms with E-state index in [1.807, 2.05) is 0 Å². The number of rotatable bonds is 5. The summed E-state index contributed by atoms with van der Waals surface area (Å²) < 4.78 is 44.8. The molecule has 0 saturated heterocycles. The van der Waals surface area contributed by atoms with E-state index in [2.05, 4.69) is 14.4 Å². The maximum absolute atomic E-state index is 13.6. The topological polar surface area (TPSA) is 92.4 Å². The standard InChI is InChI=1S/C12H13FN2O4S/c1-8-11(13)4-9(7-16)5-12(8)20(17,18)14-6-10-2-3-19-15-10/h2-5,14,16H,6-7H2,1H3. The van der Waals surface area contributed by atoms with Gasteiger partial charge >= 0.3 is 0 Å². The predicted octanol–water partition coefficient (Wildman–Crippen LogP) is 1.09. The third kappa shape index (κ3) is 3.03. The Kier molecular flexibility index (Phi) is 4.17. The van der Waals surface area contributed by atoms with Crippen molar-refractivity contribution in [3.63, 3.8) is 0 Å². The number of sulfonamides is 1. The summed E-state index contributed by atoms with van der Waals surface area (Å²) in [5, 5.41) is 12.6. The van der Waals surface area contributed by atoms with Crippen molar-refractivity contribution in [2.75, 3.05) is 0 Å². The maximum atomic E-state index is 13.6. The van der Waals surface area contributed by atoms with Crippen molar-refractivity contribution in [3.05, 3.63) is 47.1 Å². The lowest BCUT2D eigenvalue weighted by molar-refractivity contribution is 0.281. The second kappa shape index (κ2) is 5.70. The Labute approximate surface area is 115 Å².